The molecule has 0 aliphatic carbocycles. The summed E-state index contributed by atoms with van der Waals surface area (Å²) < 4.78 is 0. The normalized spacial score (nSPS) is 22.4. The topological polar surface area (TPSA) is 20.3 Å². The lowest BCUT2D eigenvalue weighted by Crippen LogP contribution is -2.38. The number of carbonyl (C=O) groups excluding carboxylic acids is 1. The third-order valence-electron chi connectivity index (χ3n) is 4.30. The van der Waals surface area contributed by atoms with Gasteiger partial charge in [0.2, 0.25) is 0 Å². The Bertz CT molecular complexity index is 640. The molecule has 2 aromatic rings. The zero-order valence-corrected chi connectivity index (χ0v) is 12.3. The van der Waals surface area contributed by atoms with E-state index in [-0.39, 0.29) is 11.9 Å². The molecule has 0 radical (unpaired) electrons. The minimum absolute atomic E-state index is 0.103. The average molecular weight is 288 g/mol. The lowest BCUT2D eigenvalue weighted by molar-refractivity contribution is 0.0737. The van der Waals surface area contributed by atoms with Crippen LogP contribution in [-0.2, 0) is 0 Å². The fourth-order valence-electron chi connectivity index (χ4n) is 2.98. The van der Waals surface area contributed by atoms with E-state index in [0.717, 1.165) is 29.3 Å². The number of rotatable bonds is 2. The number of hydrogen-bond donors (Lipinski definition) is 0. The van der Waals surface area contributed by atoms with Gasteiger partial charge in [-0.3, -0.25) is 4.79 Å². The molecule has 2 unspecified atom stereocenters. The maximum atomic E-state index is 12.7. The van der Waals surface area contributed by atoms with Crippen LogP contribution in [0.4, 0.5) is 0 Å². The molecule has 2 aromatic carbocycles. The third kappa shape index (κ3) is 2.29. The second-order valence-electron chi connectivity index (χ2n) is 5.55. The molecule has 2 atom stereocenters. The largest absolute Gasteiger partial charge is 0.334 e. The lowest BCUT2D eigenvalue weighted by Gasteiger charge is -2.25. The monoisotopic (exact) mass is 287 g/mol. The van der Waals surface area contributed by atoms with Crippen LogP contribution in [0.5, 0.6) is 0 Å². The van der Waals surface area contributed by atoms with Crippen LogP contribution in [0.2, 0.25) is 0 Å². The van der Waals surface area contributed by atoms with Crippen LogP contribution in [0, 0.1) is 5.92 Å². The molecular weight excluding hydrogens is 270 g/mol. The van der Waals surface area contributed by atoms with Crippen molar-refractivity contribution in [1.29, 1.82) is 0 Å². The number of alkyl halides is 1. The number of likely N-dealkylation sites (tertiary alicyclic amines) is 1. The Hall–Kier alpha value is -1.54. The first-order chi connectivity index (χ1) is 9.70. The molecule has 1 fully saturated rings. The standard InChI is InChI=1S/C17H18ClNO/c1-12-8-9-19(16(12)11-18)17(20)15-7-6-13-4-2-3-5-14(13)10-15/h2-7,10,12,16H,8-9,11H2,1H3. The van der Waals surface area contributed by atoms with Crippen molar-refractivity contribution in [3.8, 4) is 0 Å². The van der Waals surface area contributed by atoms with Crippen molar-refractivity contribution in [3.05, 3.63) is 48.0 Å². The van der Waals surface area contributed by atoms with E-state index in [9.17, 15) is 4.79 Å². The molecule has 1 aliphatic heterocycles. The van der Waals surface area contributed by atoms with Gasteiger partial charge in [0.15, 0.2) is 0 Å². The number of fused-ring (bicyclic) bond motifs is 1. The SMILES string of the molecule is CC1CCN(C(=O)c2ccc3ccccc3c2)C1CCl. The Morgan fingerprint density at radius 3 is 2.75 bits per heavy atom. The van der Waals surface area contributed by atoms with Crippen molar-refractivity contribution in [2.75, 3.05) is 12.4 Å². The predicted octanol–water partition coefficient (Wildman–Crippen LogP) is 3.93. The lowest BCUT2D eigenvalue weighted by atomic mass is 10.0. The Kier molecular flexibility index (Phi) is 3.66. The van der Waals surface area contributed by atoms with Gasteiger partial charge in [0, 0.05) is 24.0 Å². The molecule has 1 saturated heterocycles. The minimum atomic E-state index is 0.103. The molecule has 0 bridgehead atoms. The maximum absolute atomic E-state index is 12.7. The fourth-order valence-corrected chi connectivity index (χ4v) is 3.45. The molecule has 0 spiro atoms. The van der Waals surface area contributed by atoms with E-state index >= 15 is 0 Å². The van der Waals surface area contributed by atoms with Crippen molar-refractivity contribution >= 4 is 28.3 Å². The Morgan fingerprint density at radius 1 is 1.25 bits per heavy atom. The van der Waals surface area contributed by atoms with Gasteiger partial charge < -0.3 is 4.90 Å². The fraction of sp³-hybridized carbons (Fsp3) is 0.353. The maximum Gasteiger partial charge on any atom is 0.254 e. The van der Waals surface area contributed by atoms with Gasteiger partial charge in [0.25, 0.3) is 5.91 Å². The molecule has 104 valence electrons. The summed E-state index contributed by atoms with van der Waals surface area (Å²) in [7, 11) is 0. The molecular formula is C17H18ClNO. The van der Waals surface area contributed by atoms with Crippen LogP contribution in [0.1, 0.15) is 23.7 Å². The number of benzene rings is 2. The van der Waals surface area contributed by atoms with Gasteiger partial charge in [-0.05, 0) is 35.2 Å². The number of hydrogen-bond acceptors (Lipinski definition) is 1. The summed E-state index contributed by atoms with van der Waals surface area (Å²) >= 11 is 6.03. The molecule has 1 amide bonds. The Labute approximate surface area is 124 Å². The van der Waals surface area contributed by atoms with Crippen molar-refractivity contribution in [3.63, 3.8) is 0 Å². The summed E-state index contributed by atoms with van der Waals surface area (Å²) in [5.74, 6) is 1.10. The first-order valence-electron chi connectivity index (χ1n) is 7.06. The third-order valence-corrected chi connectivity index (χ3v) is 4.61. The van der Waals surface area contributed by atoms with Gasteiger partial charge in [0.1, 0.15) is 0 Å². The van der Waals surface area contributed by atoms with Gasteiger partial charge in [-0.25, -0.2) is 0 Å². The van der Waals surface area contributed by atoms with E-state index in [0.29, 0.717) is 11.8 Å². The summed E-state index contributed by atoms with van der Waals surface area (Å²) in [5, 5.41) is 2.26. The van der Waals surface area contributed by atoms with E-state index in [1.54, 1.807) is 0 Å². The van der Waals surface area contributed by atoms with Gasteiger partial charge in [-0.15, -0.1) is 11.6 Å². The van der Waals surface area contributed by atoms with Gasteiger partial charge >= 0.3 is 0 Å². The van der Waals surface area contributed by atoms with E-state index in [2.05, 4.69) is 13.0 Å². The zero-order chi connectivity index (χ0) is 14.1. The summed E-state index contributed by atoms with van der Waals surface area (Å²) in [6.45, 7) is 2.98. The van der Waals surface area contributed by atoms with Crippen molar-refractivity contribution in [2.24, 2.45) is 5.92 Å². The molecule has 3 heteroatoms. The van der Waals surface area contributed by atoms with Gasteiger partial charge in [0.05, 0.1) is 0 Å². The highest BCUT2D eigenvalue weighted by atomic mass is 35.5. The highest BCUT2D eigenvalue weighted by molar-refractivity contribution is 6.18. The first-order valence-corrected chi connectivity index (χ1v) is 7.60. The zero-order valence-electron chi connectivity index (χ0n) is 11.6. The van der Waals surface area contributed by atoms with Crippen LogP contribution in [-0.4, -0.2) is 29.3 Å². The second-order valence-corrected chi connectivity index (χ2v) is 5.86. The average Bonchev–Trinajstić information content (AvgIpc) is 2.86. The van der Waals surface area contributed by atoms with E-state index in [1.807, 2.05) is 41.3 Å². The molecule has 0 saturated carbocycles. The van der Waals surface area contributed by atoms with E-state index in [4.69, 9.17) is 11.6 Å². The Morgan fingerprint density at radius 2 is 2.00 bits per heavy atom. The summed E-state index contributed by atoms with van der Waals surface area (Å²) in [6, 6.07) is 14.2. The summed E-state index contributed by atoms with van der Waals surface area (Å²) in [6.07, 6.45) is 1.04. The number of nitrogens with zero attached hydrogens (tertiary/aromatic N) is 1. The van der Waals surface area contributed by atoms with Gasteiger partial charge in [-0.1, -0.05) is 37.3 Å². The molecule has 0 N–H and O–H groups in total. The van der Waals surface area contributed by atoms with Crippen LogP contribution < -0.4 is 0 Å². The predicted molar refractivity (Wildman–Crippen MR) is 83.3 cm³/mol. The number of amides is 1. The smallest absolute Gasteiger partial charge is 0.254 e. The van der Waals surface area contributed by atoms with Crippen molar-refractivity contribution in [1.82, 2.24) is 4.90 Å². The highest BCUT2D eigenvalue weighted by Gasteiger charge is 2.34. The summed E-state index contributed by atoms with van der Waals surface area (Å²) in [4.78, 5) is 14.6. The van der Waals surface area contributed by atoms with Crippen molar-refractivity contribution in [2.45, 2.75) is 19.4 Å². The molecule has 20 heavy (non-hydrogen) atoms. The van der Waals surface area contributed by atoms with Crippen LogP contribution >= 0.6 is 11.6 Å². The van der Waals surface area contributed by atoms with E-state index in [1.165, 1.54) is 0 Å². The van der Waals surface area contributed by atoms with Crippen LogP contribution in [0.15, 0.2) is 42.5 Å². The van der Waals surface area contributed by atoms with Crippen molar-refractivity contribution < 1.29 is 4.79 Å². The molecule has 0 aromatic heterocycles. The quantitative estimate of drug-likeness (QED) is 0.767. The van der Waals surface area contributed by atoms with Crippen LogP contribution in [0.3, 0.4) is 0 Å². The van der Waals surface area contributed by atoms with E-state index < -0.39 is 0 Å². The number of carbonyl (C=O) groups is 1. The Balaban J connectivity index is 1.92. The molecule has 3 rings (SSSR count). The number of halogens is 1. The van der Waals surface area contributed by atoms with Gasteiger partial charge in [-0.2, -0.15) is 0 Å². The first kappa shape index (κ1) is 13.4. The highest BCUT2D eigenvalue weighted by Crippen LogP contribution is 2.27. The molecule has 1 heterocycles. The second kappa shape index (κ2) is 5.45. The van der Waals surface area contributed by atoms with Crippen LogP contribution in [0.25, 0.3) is 10.8 Å². The molecule has 2 nitrogen and oxygen atoms in total. The molecule has 1 aliphatic rings. The summed E-state index contributed by atoms with van der Waals surface area (Å²) in [5.41, 5.74) is 0.757. The minimum Gasteiger partial charge on any atom is -0.334 e.